The average molecular weight is 288 g/mol. The maximum Gasteiger partial charge on any atom is 0.237 e. The number of rotatable bonds is 5. The van der Waals surface area contributed by atoms with Gasteiger partial charge in [-0.25, -0.2) is 4.98 Å². The van der Waals surface area contributed by atoms with Crippen LogP contribution in [0.5, 0.6) is 0 Å². The first-order valence-electron chi connectivity index (χ1n) is 7.19. The Morgan fingerprint density at radius 2 is 2.33 bits per heavy atom. The molecule has 0 saturated heterocycles. The predicted octanol–water partition coefficient (Wildman–Crippen LogP) is 1.07. The van der Waals surface area contributed by atoms with Gasteiger partial charge in [0.05, 0.1) is 18.3 Å². The molecule has 0 atom stereocenters. The summed E-state index contributed by atoms with van der Waals surface area (Å²) in [7, 11) is 0. The molecule has 1 aliphatic heterocycles. The summed E-state index contributed by atoms with van der Waals surface area (Å²) in [5.41, 5.74) is 7.55. The van der Waals surface area contributed by atoms with Crippen molar-refractivity contribution < 1.29 is 4.79 Å². The van der Waals surface area contributed by atoms with Crippen LogP contribution in [0.3, 0.4) is 0 Å². The molecular weight excluding hydrogens is 268 g/mol. The van der Waals surface area contributed by atoms with E-state index in [2.05, 4.69) is 22.2 Å². The Balaban J connectivity index is 2.19. The van der Waals surface area contributed by atoms with Crippen LogP contribution < -0.4 is 11.1 Å². The standard InChI is InChI=1S/C14H20N6O/c1-2-3-7-17-13-10-9-20(12(21)4-6-15)8-5-11(10)18-14(16)19-13/h2-5,7-9H2,1H3,(H3,16,17,18,19). The number of aromatic nitrogens is 2. The molecule has 2 heterocycles. The van der Waals surface area contributed by atoms with Crippen molar-refractivity contribution in [3.8, 4) is 6.07 Å². The van der Waals surface area contributed by atoms with Crippen LogP contribution in [-0.2, 0) is 17.8 Å². The summed E-state index contributed by atoms with van der Waals surface area (Å²) in [5.74, 6) is 0.810. The van der Waals surface area contributed by atoms with E-state index in [1.54, 1.807) is 4.90 Å². The van der Waals surface area contributed by atoms with Crippen molar-refractivity contribution in [3.05, 3.63) is 11.3 Å². The average Bonchev–Trinajstić information content (AvgIpc) is 2.47. The Labute approximate surface area is 124 Å². The van der Waals surface area contributed by atoms with E-state index in [0.29, 0.717) is 25.3 Å². The lowest BCUT2D eigenvalue weighted by molar-refractivity contribution is -0.131. The van der Waals surface area contributed by atoms with Gasteiger partial charge in [-0.2, -0.15) is 10.2 Å². The first-order valence-corrected chi connectivity index (χ1v) is 7.19. The van der Waals surface area contributed by atoms with Crippen molar-refractivity contribution in [3.63, 3.8) is 0 Å². The molecular formula is C14H20N6O. The fourth-order valence-electron chi connectivity index (χ4n) is 2.36. The van der Waals surface area contributed by atoms with E-state index in [4.69, 9.17) is 11.0 Å². The molecule has 1 aromatic heterocycles. The molecule has 0 spiro atoms. The summed E-state index contributed by atoms with van der Waals surface area (Å²) >= 11 is 0. The van der Waals surface area contributed by atoms with Gasteiger partial charge >= 0.3 is 0 Å². The van der Waals surface area contributed by atoms with Crippen LogP contribution in [0.4, 0.5) is 11.8 Å². The molecule has 0 aliphatic carbocycles. The topological polar surface area (TPSA) is 108 Å². The Kier molecular flexibility index (Phi) is 4.93. The van der Waals surface area contributed by atoms with Gasteiger partial charge in [0.2, 0.25) is 11.9 Å². The molecule has 3 N–H and O–H groups in total. The minimum absolute atomic E-state index is 0.0935. The Hall–Kier alpha value is -2.36. The van der Waals surface area contributed by atoms with Crippen molar-refractivity contribution in [1.82, 2.24) is 14.9 Å². The molecule has 0 fully saturated rings. The maximum absolute atomic E-state index is 11.9. The summed E-state index contributed by atoms with van der Waals surface area (Å²) < 4.78 is 0. The van der Waals surface area contributed by atoms with Gasteiger partial charge in [-0.1, -0.05) is 13.3 Å². The zero-order chi connectivity index (χ0) is 15.2. The van der Waals surface area contributed by atoms with Gasteiger partial charge < -0.3 is 16.0 Å². The molecule has 0 saturated carbocycles. The minimum Gasteiger partial charge on any atom is -0.370 e. The summed E-state index contributed by atoms with van der Waals surface area (Å²) in [6.07, 6.45) is 2.67. The quantitative estimate of drug-likeness (QED) is 0.785. The highest BCUT2D eigenvalue weighted by molar-refractivity contribution is 5.78. The fourth-order valence-corrected chi connectivity index (χ4v) is 2.36. The summed E-state index contributed by atoms with van der Waals surface area (Å²) in [5, 5.41) is 11.9. The first kappa shape index (κ1) is 15.0. The number of carbonyl (C=O) groups excluding carboxylic acids is 1. The lowest BCUT2D eigenvalue weighted by Gasteiger charge is -2.29. The molecule has 1 amide bonds. The molecule has 7 heteroatoms. The zero-order valence-corrected chi connectivity index (χ0v) is 12.2. The molecule has 0 aromatic carbocycles. The maximum atomic E-state index is 11.9. The van der Waals surface area contributed by atoms with E-state index in [9.17, 15) is 4.79 Å². The summed E-state index contributed by atoms with van der Waals surface area (Å²) in [6, 6.07) is 1.90. The van der Waals surface area contributed by atoms with E-state index in [0.717, 1.165) is 30.6 Å². The molecule has 7 nitrogen and oxygen atoms in total. The lowest BCUT2D eigenvalue weighted by atomic mass is 10.1. The zero-order valence-electron chi connectivity index (χ0n) is 12.2. The molecule has 21 heavy (non-hydrogen) atoms. The van der Waals surface area contributed by atoms with Crippen LogP contribution in [0.25, 0.3) is 0 Å². The van der Waals surface area contributed by atoms with Gasteiger partial charge in [-0.15, -0.1) is 0 Å². The van der Waals surface area contributed by atoms with Gasteiger partial charge in [0.25, 0.3) is 0 Å². The fraction of sp³-hybridized carbons (Fsp3) is 0.571. The second-order valence-corrected chi connectivity index (χ2v) is 5.04. The van der Waals surface area contributed by atoms with Crippen molar-refractivity contribution in [2.24, 2.45) is 0 Å². The predicted molar refractivity (Wildman–Crippen MR) is 79.2 cm³/mol. The number of anilines is 2. The number of nitrogens with two attached hydrogens (primary N) is 1. The largest absolute Gasteiger partial charge is 0.370 e. The normalized spacial score (nSPS) is 13.4. The number of amides is 1. The highest BCUT2D eigenvalue weighted by Gasteiger charge is 2.24. The van der Waals surface area contributed by atoms with Gasteiger partial charge in [-0.05, 0) is 6.42 Å². The number of hydrogen-bond donors (Lipinski definition) is 2. The minimum atomic E-state index is -0.153. The monoisotopic (exact) mass is 288 g/mol. The molecule has 0 radical (unpaired) electrons. The van der Waals surface area contributed by atoms with Crippen LogP contribution >= 0.6 is 0 Å². The van der Waals surface area contributed by atoms with Crippen LogP contribution in [0.2, 0.25) is 0 Å². The van der Waals surface area contributed by atoms with E-state index < -0.39 is 0 Å². The number of nitrogen functional groups attached to an aromatic ring is 1. The van der Waals surface area contributed by atoms with Crippen LogP contribution in [0.15, 0.2) is 0 Å². The van der Waals surface area contributed by atoms with Crippen molar-refractivity contribution in [2.75, 3.05) is 24.1 Å². The second kappa shape index (κ2) is 6.88. The third-order valence-corrected chi connectivity index (χ3v) is 3.48. The van der Waals surface area contributed by atoms with Crippen molar-refractivity contribution >= 4 is 17.7 Å². The third-order valence-electron chi connectivity index (χ3n) is 3.48. The molecule has 0 bridgehead atoms. The number of nitrogens with one attached hydrogen (secondary N) is 1. The van der Waals surface area contributed by atoms with Gasteiger partial charge in [0.15, 0.2) is 0 Å². The number of nitriles is 1. The van der Waals surface area contributed by atoms with E-state index in [1.165, 1.54) is 0 Å². The SMILES string of the molecule is CCCCNc1nc(N)nc2c1CN(C(=O)CC#N)CC2. The number of hydrogen-bond acceptors (Lipinski definition) is 6. The summed E-state index contributed by atoms with van der Waals surface area (Å²) in [6.45, 7) is 3.93. The Morgan fingerprint density at radius 3 is 3.05 bits per heavy atom. The van der Waals surface area contributed by atoms with Gasteiger partial charge in [0, 0.05) is 25.1 Å². The van der Waals surface area contributed by atoms with Crippen molar-refractivity contribution in [2.45, 2.75) is 39.2 Å². The van der Waals surface area contributed by atoms with Crippen LogP contribution in [-0.4, -0.2) is 33.9 Å². The molecule has 0 unspecified atom stereocenters. The van der Waals surface area contributed by atoms with Crippen LogP contribution in [0.1, 0.15) is 37.4 Å². The molecule has 1 aromatic rings. The van der Waals surface area contributed by atoms with Gasteiger partial charge in [-0.3, -0.25) is 4.79 Å². The molecule has 112 valence electrons. The smallest absolute Gasteiger partial charge is 0.237 e. The molecule has 1 aliphatic rings. The lowest BCUT2D eigenvalue weighted by Crippen LogP contribution is -2.36. The Morgan fingerprint density at radius 1 is 1.52 bits per heavy atom. The highest BCUT2D eigenvalue weighted by Crippen LogP contribution is 2.25. The van der Waals surface area contributed by atoms with Gasteiger partial charge in [0.1, 0.15) is 12.2 Å². The Bertz CT molecular complexity index is 565. The number of nitrogens with zero attached hydrogens (tertiary/aromatic N) is 4. The number of carbonyl (C=O) groups is 1. The summed E-state index contributed by atoms with van der Waals surface area (Å²) in [4.78, 5) is 22.1. The second-order valence-electron chi connectivity index (χ2n) is 5.04. The van der Waals surface area contributed by atoms with E-state index in [-0.39, 0.29) is 18.3 Å². The first-order chi connectivity index (χ1) is 10.2. The number of fused-ring (bicyclic) bond motifs is 1. The number of unbranched alkanes of at least 4 members (excludes halogenated alkanes) is 1. The van der Waals surface area contributed by atoms with Crippen LogP contribution in [0, 0.1) is 11.3 Å². The molecule has 2 rings (SSSR count). The van der Waals surface area contributed by atoms with E-state index in [1.807, 2.05) is 6.07 Å². The third kappa shape index (κ3) is 3.60. The highest BCUT2D eigenvalue weighted by atomic mass is 16.2. The van der Waals surface area contributed by atoms with Crippen molar-refractivity contribution in [1.29, 1.82) is 5.26 Å². The van der Waals surface area contributed by atoms with E-state index >= 15 is 0 Å².